The van der Waals surface area contributed by atoms with Crippen LogP contribution in [0.15, 0.2) is 72.8 Å². The summed E-state index contributed by atoms with van der Waals surface area (Å²) in [5.41, 5.74) is 3.97. The van der Waals surface area contributed by atoms with E-state index in [1.807, 2.05) is 47.4 Å². The summed E-state index contributed by atoms with van der Waals surface area (Å²) in [7, 11) is 1.64. The predicted molar refractivity (Wildman–Crippen MR) is 147 cm³/mol. The SMILES string of the molecule is COc1ccc([C@@H]2CN(C(=O)c3ccccc3Cl)C[C@H]2C(=O)N2CCN(c3ccccc3C)CC2)cc1. The van der Waals surface area contributed by atoms with Crippen molar-refractivity contribution in [1.82, 2.24) is 9.80 Å². The Hall–Kier alpha value is -3.51. The summed E-state index contributed by atoms with van der Waals surface area (Å²) in [6, 6.07) is 23.3. The van der Waals surface area contributed by atoms with Crippen LogP contribution in [-0.2, 0) is 4.79 Å². The first kappa shape index (κ1) is 25.2. The van der Waals surface area contributed by atoms with Gasteiger partial charge in [-0.25, -0.2) is 0 Å². The quantitative estimate of drug-likeness (QED) is 0.485. The zero-order valence-corrected chi connectivity index (χ0v) is 22.0. The fourth-order valence-electron chi connectivity index (χ4n) is 5.53. The Balaban J connectivity index is 1.35. The molecule has 0 radical (unpaired) electrons. The van der Waals surface area contributed by atoms with Crippen molar-refractivity contribution in [1.29, 1.82) is 0 Å². The largest absolute Gasteiger partial charge is 0.497 e. The molecular formula is C30H32ClN3O3. The van der Waals surface area contributed by atoms with Crippen LogP contribution in [0.3, 0.4) is 0 Å². The molecule has 7 heteroatoms. The number of hydrogen-bond donors (Lipinski definition) is 0. The van der Waals surface area contributed by atoms with Crippen LogP contribution in [0.5, 0.6) is 5.75 Å². The van der Waals surface area contributed by atoms with Gasteiger partial charge < -0.3 is 19.4 Å². The van der Waals surface area contributed by atoms with Crippen LogP contribution in [0, 0.1) is 12.8 Å². The van der Waals surface area contributed by atoms with Gasteiger partial charge >= 0.3 is 0 Å². The molecule has 2 heterocycles. The van der Waals surface area contributed by atoms with Crippen molar-refractivity contribution in [3.05, 3.63) is 94.5 Å². The van der Waals surface area contributed by atoms with Crippen molar-refractivity contribution in [3.8, 4) is 5.75 Å². The summed E-state index contributed by atoms with van der Waals surface area (Å²) in [6.07, 6.45) is 0. The van der Waals surface area contributed by atoms with Crippen LogP contribution in [0.2, 0.25) is 5.02 Å². The molecule has 3 aromatic carbocycles. The second kappa shape index (κ2) is 10.9. The first-order valence-electron chi connectivity index (χ1n) is 12.7. The van der Waals surface area contributed by atoms with Crippen LogP contribution in [0.4, 0.5) is 5.69 Å². The van der Waals surface area contributed by atoms with Crippen LogP contribution < -0.4 is 9.64 Å². The maximum atomic E-state index is 13.9. The normalized spacial score (nSPS) is 19.7. The Morgan fingerprint density at radius 3 is 2.19 bits per heavy atom. The molecule has 0 unspecified atom stereocenters. The molecule has 3 aromatic rings. The van der Waals surface area contributed by atoms with Crippen molar-refractivity contribution in [2.45, 2.75) is 12.8 Å². The molecule has 2 amide bonds. The minimum atomic E-state index is -0.315. The number of amides is 2. The van der Waals surface area contributed by atoms with Gasteiger partial charge in [0.1, 0.15) is 5.75 Å². The van der Waals surface area contributed by atoms with Crippen molar-refractivity contribution in [2.24, 2.45) is 5.92 Å². The molecule has 0 aliphatic carbocycles. The highest BCUT2D eigenvalue weighted by atomic mass is 35.5. The zero-order chi connectivity index (χ0) is 25.9. The number of ether oxygens (including phenoxy) is 1. The van der Waals surface area contributed by atoms with Crippen molar-refractivity contribution in [3.63, 3.8) is 0 Å². The molecule has 0 aromatic heterocycles. The van der Waals surface area contributed by atoms with Crippen LogP contribution >= 0.6 is 11.6 Å². The summed E-state index contributed by atoms with van der Waals surface area (Å²) in [4.78, 5) is 33.4. The molecule has 6 nitrogen and oxygen atoms in total. The van der Waals surface area contributed by atoms with Gasteiger partial charge in [0.25, 0.3) is 5.91 Å². The Labute approximate surface area is 223 Å². The standard InChI is InChI=1S/C30H32ClN3O3/c1-21-7-3-6-10-28(21)32-15-17-33(18-16-32)30(36)26-20-34(29(35)24-8-4-5-9-27(24)31)19-25(26)22-11-13-23(37-2)14-12-22/h3-14,25-26H,15-20H2,1-2H3/t25-,26+/m0/s1. The average Bonchev–Trinajstić information content (AvgIpc) is 3.38. The summed E-state index contributed by atoms with van der Waals surface area (Å²) in [6.45, 7) is 5.87. The average molecular weight is 518 g/mol. The fourth-order valence-corrected chi connectivity index (χ4v) is 5.75. The molecule has 192 valence electrons. The lowest BCUT2D eigenvalue weighted by Crippen LogP contribution is -2.51. The first-order chi connectivity index (χ1) is 18.0. The molecular weight excluding hydrogens is 486 g/mol. The van der Waals surface area contributed by atoms with E-state index in [-0.39, 0.29) is 23.7 Å². The minimum Gasteiger partial charge on any atom is -0.497 e. The number of carbonyl (C=O) groups is 2. The number of hydrogen-bond acceptors (Lipinski definition) is 4. The van der Waals surface area contributed by atoms with Crippen LogP contribution in [-0.4, -0.2) is 68.0 Å². The van der Waals surface area contributed by atoms with Gasteiger partial charge in [0, 0.05) is 50.9 Å². The molecule has 5 rings (SSSR count). The van der Waals surface area contributed by atoms with E-state index in [1.165, 1.54) is 11.3 Å². The van der Waals surface area contributed by atoms with E-state index >= 15 is 0 Å². The Bertz CT molecular complexity index is 1270. The fraction of sp³-hybridized carbons (Fsp3) is 0.333. The van der Waals surface area contributed by atoms with E-state index in [9.17, 15) is 9.59 Å². The third kappa shape index (κ3) is 5.16. The van der Waals surface area contributed by atoms with Crippen LogP contribution in [0.1, 0.15) is 27.4 Å². The molecule has 2 atom stereocenters. The summed E-state index contributed by atoms with van der Waals surface area (Å²) < 4.78 is 5.33. The van der Waals surface area contributed by atoms with Gasteiger partial charge in [-0.3, -0.25) is 9.59 Å². The van der Waals surface area contributed by atoms with Gasteiger partial charge in [0.15, 0.2) is 0 Å². The molecule has 37 heavy (non-hydrogen) atoms. The molecule has 0 saturated carbocycles. The maximum Gasteiger partial charge on any atom is 0.255 e. The van der Waals surface area contributed by atoms with E-state index in [0.717, 1.165) is 24.4 Å². The van der Waals surface area contributed by atoms with Crippen molar-refractivity contribution in [2.75, 3.05) is 51.3 Å². The molecule has 0 bridgehead atoms. The van der Waals surface area contributed by atoms with Crippen molar-refractivity contribution >= 4 is 29.1 Å². The first-order valence-corrected chi connectivity index (χ1v) is 13.1. The Morgan fingerprint density at radius 1 is 0.838 bits per heavy atom. The highest BCUT2D eigenvalue weighted by Gasteiger charge is 2.43. The second-order valence-electron chi connectivity index (χ2n) is 9.77. The van der Waals surface area contributed by atoms with Gasteiger partial charge in [-0.15, -0.1) is 0 Å². The number of nitrogens with zero attached hydrogens (tertiary/aromatic N) is 3. The second-order valence-corrected chi connectivity index (χ2v) is 10.2. The number of piperazine rings is 1. The number of benzene rings is 3. The lowest BCUT2D eigenvalue weighted by molar-refractivity contribution is -0.135. The van der Waals surface area contributed by atoms with Gasteiger partial charge in [0.05, 0.1) is 23.6 Å². The van der Waals surface area contributed by atoms with E-state index in [1.54, 1.807) is 24.1 Å². The number of aryl methyl sites for hydroxylation is 1. The van der Waals surface area contributed by atoms with E-state index in [2.05, 4.69) is 30.0 Å². The van der Waals surface area contributed by atoms with Gasteiger partial charge in [-0.2, -0.15) is 0 Å². The molecule has 2 fully saturated rings. The topological polar surface area (TPSA) is 53.1 Å². The van der Waals surface area contributed by atoms with E-state index < -0.39 is 0 Å². The smallest absolute Gasteiger partial charge is 0.255 e. The van der Waals surface area contributed by atoms with E-state index in [4.69, 9.17) is 16.3 Å². The summed E-state index contributed by atoms with van der Waals surface area (Å²) >= 11 is 6.34. The highest BCUT2D eigenvalue weighted by molar-refractivity contribution is 6.33. The summed E-state index contributed by atoms with van der Waals surface area (Å²) in [5, 5.41) is 0.426. The predicted octanol–water partition coefficient (Wildman–Crippen LogP) is 4.86. The molecule has 2 aliphatic heterocycles. The molecule has 2 saturated heterocycles. The third-order valence-electron chi connectivity index (χ3n) is 7.62. The lowest BCUT2D eigenvalue weighted by Gasteiger charge is -2.38. The minimum absolute atomic E-state index is 0.0979. The molecule has 0 spiro atoms. The number of anilines is 1. The van der Waals surface area contributed by atoms with Gasteiger partial charge in [-0.1, -0.05) is 54.1 Å². The monoisotopic (exact) mass is 517 g/mol. The lowest BCUT2D eigenvalue weighted by atomic mass is 9.87. The Morgan fingerprint density at radius 2 is 1.51 bits per heavy atom. The van der Waals surface area contributed by atoms with Crippen molar-refractivity contribution < 1.29 is 14.3 Å². The number of para-hydroxylation sites is 1. The number of likely N-dealkylation sites (tertiary alicyclic amines) is 1. The van der Waals surface area contributed by atoms with E-state index in [0.29, 0.717) is 36.8 Å². The zero-order valence-electron chi connectivity index (χ0n) is 21.3. The maximum absolute atomic E-state index is 13.9. The number of halogens is 1. The van der Waals surface area contributed by atoms with Gasteiger partial charge in [0.2, 0.25) is 5.91 Å². The summed E-state index contributed by atoms with van der Waals surface area (Å²) in [5.74, 6) is 0.327. The molecule has 2 aliphatic rings. The molecule has 0 N–H and O–H groups in total. The third-order valence-corrected chi connectivity index (χ3v) is 7.95. The van der Waals surface area contributed by atoms with Crippen LogP contribution in [0.25, 0.3) is 0 Å². The number of rotatable bonds is 5. The van der Waals surface area contributed by atoms with Gasteiger partial charge in [-0.05, 0) is 48.4 Å². The Kier molecular flexibility index (Phi) is 7.38. The highest BCUT2D eigenvalue weighted by Crippen LogP contribution is 2.36. The number of carbonyl (C=O) groups excluding carboxylic acids is 2. The number of methoxy groups -OCH3 is 1.